The standard InChI is InChI=1S/C15H28N4O3/c1-16-4-2-3-14(20)18-7-5-17(6-8-18)13-15(21)19-9-11-22-12-10-19/h16H,2-13H2,1H3. The molecule has 2 saturated heterocycles. The third kappa shape index (κ3) is 5.23. The number of piperazine rings is 1. The van der Waals surface area contributed by atoms with Crippen molar-refractivity contribution in [3.8, 4) is 0 Å². The first kappa shape index (κ1) is 17.2. The van der Waals surface area contributed by atoms with Crippen molar-refractivity contribution in [2.24, 2.45) is 0 Å². The van der Waals surface area contributed by atoms with Gasteiger partial charge in [0.15, 0.2) is 0 Å². The van der Waals surface area contributed by atoms with Crippen LogP contribution in [0.1, 0.15) is 12.8 Å². The lowest BCUT2D eigenvalue weighted by Gasteiger charge is -2.36. The smallest absolute Gasteiger partial charge is 0.236 e. The third-order valence-electron chi connectivity index (χ3n) is 4.27. The largest absolute Gasteiger partial charge is 0.378 e. The van der Waals surface area contributed by atoms with Crippen LogP contribution in [0, 0.1) is 0 Å². The van der Waals surface area contributed by atoms with Crippen molar-refractivity contribution in [1.29, 1.82) is 0 Å². The average Bonchev–Trinajstić information content (AvgIpc) is 2.56. The predicted octanol–water partition coefficient (Wildman–Crippen LogP) is -1.01. The van der Waals surface area contributed by atoms with Crippen LogP contribution in [0.15, 0.2) is 0 Å². The topological polar surface area (TPSA) is 65.1 Å². The quantitative estimate of drug-likeness (QED) is 0.637. The van der Waals surface area contributed by atoms with E-state index in [0.717, 1.165) is 39.1 Å². The minimum absolute atomic E-state index is 0.178. The minimum Gasteiger partial charge on any atom is -0.378 e. The lowest BCUT2D eigenvalue weighted by Crippen LogP contribution is -2.52. The van der Waals surface area contributed by atoms with Crippen LogP contribution in [0.2, 0.25) is 0 Å². The number of carbonyl (C=O) groups is 2. The summed E-state index contributed by atoms with van der Waals surface area (Å²) in [6.45, 7) is 7.04. The second-order valence-electron chi connectivity index (χ2n) is 5.86. The lowest BCUT2D eigenvalue weighted by atomic mass is 10.2. The number of hydrogen-bond acceptors (Lipinski definition) is 5. The molecular formula is C15H28N4O3. The van der Waals surface area contributed by atoms with Crippen LogP contribution in [0.3, 0.4) is 0 Å². The molecule has 0 atom stereocenters. The van der Waals surface area contributed by atoms with Crippen LogP contribution in [0.4, 0.5) is 0 Å². The maximum Gasteiger partial charge on any atom is 0.236 e. The van der Waals surface area contributed by atoms with Crippen LogP contribution in [0.5, 0.6) is 0 Å². The molecule has 2 fully saturated rings. The fourth-order valence-corrected chi connectivity index (χ4v) is 2.83. The first-order valence-corrected chi connectivity index (χ1v) is 8.21. The summed E-state index contributed by atoms with van der Waals surface area (Å²) in [5, 5.41) is 3.06. The highest BCUT2D eigenvalue weighted by atomic mass is 16.5. The molecule has 126 valence electrons. The highest BCUT2D eigenvalue weighted by Crippen LogP contribution is 2.06. The van der Waals surface area contributed by atoms with Gasteiger partial charge in [0.1, 0.15) is 0 Å². The summed E-state index contributed by atoms with van der Waals surface area (Å²) in [5.41, 5.74) is 0. The summed E-state index contributed by atoms with van der Waals surface area (Å²) in [7, 11) is 1.90. The van der Waals surface area contributed by atoms with Gasteiger partial charge in [0, 0.05) is 45.7 Å². The summed E-state index contributed by atoms with van der Waals surface area (Å²) in [5.74, 6) is 0.409. The van der Waals surface area contributed by atoms with E-state index >= 15 is 0 Å². The summed E-state index contributed by atoms with van der Waals surface area (Å²) < 4.78 is 5.26. The zero-order valence-electron chi connectivity index (χ0n) is 13.6. The molecule has 7 heteroatoms. The van der Waals surface area contributed by atoms with Crippen molar-refractivity contribution in [3.05, 3.63) is 0 Å². The Kier molecular flexibility index (Phi) is 7.08. The van der Waals surface area contributed by atoms with Gasteiger partial charge in [-0.2, -0.15) is 0 Å². The van der Waals surface area contributed by atoms with E-state index in [1.165, 1.54) is 0 Å². The van der Waals surface area contributed by atoms with Crippen molar-refractivity contribution >= 4 is 11.8 Å². The van der Waals surface area contributed by atoms with E-state index in [-0.39, 0.29) is 11.8 Å². The van der Waals surface area contributed by atoms with Gasteiger partial charge in [-0.05, 0) is 20.0 Å². The molecule has 0 radical (unpaired) electrons. The zero-order valence-corrected chi connectivity index (χ0v) is 13.6. The van der Waals surface area contributed by atoms with Gasteiger partial charge in [-0.3, -0.25) is 14.5 Å². The van der Waals surface area contributed by atoms with E-state index in [0.29, 0.717) is 39.3 Å². The van der Waals surface area contributed by atoms with Gasteiger partial charge in [0.2, 0.25) is 11.8 Å². The number of rotatable bonds is 6. The first-order valence-electron chi connectivity index (χ1n) is 8.21. The molecule has 0 spiro atoms. The Bertz CT molecular complexity index is 364. The first-order chi connectivity index (χ1) is 10.7. The highest BCUT2D eigenvalue weighted by Gasteiger charge is 2.24. The number of nitrogens with one attached hydrogen (secondary N) is 1. The summed E-state index contributed by atoms with van der Waals surface area (Å²) in [6.07, 6.45) is 1.48. The van der Waals surface area contributed by atoms with E-state index in [1.807, 2.05) is 16.8 Å². The maximum atomic E-state index is 12.2. The minimum atomic E-state index is 0.178. The fourth-order valence-electron chi connectivity index (χ4n) is 2.83. The Morgan fingerprint density at radius 3 is 2.23 bits per heavy atom. The van der Waals surface area contributed by atoms with Crippen LogP contribution >= 0.6 is 0 Å². The van der Waals surface area contributed by atoms with Crippen LogP contribution in [-0.4, -0.2) is 99.1 Å². The van der Waals surface area contributed by atoms with E-state index in [1.54, 1.807) is 0 Å². The van der Waals surface area contributed by atoms with E-state index in [2.05, 4.69) is 10.2 Å². The number of amides is 2. The number of morpholine rings is 1. The van der Waals surface area contributed by atoms with Crippen molar-refractivity contribution in [2.75, 3.05) is 72.6 Å². The lowest BCUT2D eigenvalue weighted by molar-refractivity contribution is -0.138. The van der Waals surface area contributed by atoms with Crippen LogP contribution < -0.4 is 5.32 Å². The van der Waals surface area contributed by atoms with Gasteiger partial charge in [0.05, 0.1) is 19.8 Å². The number of ether oxygens (including phenoxy) is 1. The van der Waals surface area contributed by atoms with Gasteiger partial charge in [-0.25, -0.2) is 0 Å². The van der Waals surface area contributed by atoms with E-state index < -0.39 is 0 Å². The van der Waals surface area contributed by atoms with Gasteiger partial charge < -0.3 is 19.9 Å². The molecule has 7 nitrogen and oxygen atoms in total. The molecule has 0 bridgehead atoms. The van der Waals surface area contributed by atoms with Gasteiger partial charge >= 0.3 is 0 Å². The average molecular weight is 312 g/mol. The second kappa shape index (κ2) is 9.07. The van der Waals surface area contributed by atoms with Crippen LogP contribution in [-0.2, 0) is 14.3 Å². The highest BCUT2D eigenvalue weighted by molar-refractivity contribution is 5.78. The Morgan fingerprint density at radius 2 is 1.59 bits per heavy atom. The molecule has 1 N–H and O–H groups in total. The summed E-state index contributed by atoms with van der Waals surface area (Å²) in [4.78, 5) is 30.2. The molecule has 2 aliphatic heterocycles. The zero-order chi connectivity index (χ0) is 15.8. The fraction of sp³-hybridized carbons (Fsp3) is 0.867. The Labute approximate surface area is 132 Å². The van der Waals surface area contributed by atoms with E-state index in [9.17, 15) is 9.59 Å². The number of hydrogen-bond donors (Lipinski definition) is 1. The predicted molar refractivity (Wildman–Crippen MR) is 83.6 cm³/mol. The van der Waals surface area contributed by atoms with Gasteiger partial charge in [-0.1, -0.05) is 0 Å². The summed E-state index contributed by atoms with van der Waals surface area (Å²) in [6, 6.07) is 0. The van der Waals surface area contributed by atoms with Crippen molar-refractivity contribution in [1.82, 2.24) is 20.0 Å². The molecular weight excluding hydrogens is 284 g/mol. The second-order valence-corrected chi connectivity index (χ2v) is 5.86. The molecule has 22 heavy (non-hydrogen) atoms. The molecule has 0 aromatic rings. The molecule has 0 saturated carbocycles. The Hall–Kier alpha value is -1.18. The molecule has 0 unspecified atom stereocenters. The van der Waals surface area contributed by atoms with Crippen molar-refractivity contribution in [2.45, 2.75) is 12.8 Å². The van der Waals surface area contributed by atoms with Gasteiger partial charge in [-0.15, -0.1) is 0 Å². The summed E-state index contributed by atoms with van der Waals surface area (Å²) >= 11 is 0. The molecule has 0 aromatic carbocycles. The third-order valence-corrected chi connectivity index (χ3v) is 4.27. The number of nitrogens with zero attached hydrogens (tertiary/aromatic N) is 3. The maximum absolute atomic E-state index is 12.2. The van der Waals surface area contributed by atoms with Crippen molar-refractivity contribution in [3.63, 3.8) is 0 Å². The Morgan fingerprint density at radius 1 is 0.955 bits per heavy atom. The monoisotopic (exact) mass is 312 g/mol. The molecule has 0 aromatic heterocycles. The van der Waals surface area contributed by atoms with Gasteiger partial charge in [0.25, 0.3) is 0 Å². The van der Waals surface area contributed by atoms with E-state index in [4.69, 9.17) is 4.74 Å². The molecule has 2 amide bonds. The molecule has 2 rings (SSSR count). The SMILES string of the molecule is CNCCCC(=O)N1CCN(CC(=O)N2CCOCC2)CC1. The number of carbonyl (C=O) groups excluding carboxylic acids is 2. The molecule has 0 aliphatic carbocycles. The molecule has 2 aliphatic rings. The Balaban J connectivity index is 1.66. The normalized spacial score (nSPS) is 20.2. The van der Waals surface area contributed by atoms with Crippen LogP contribution in [0.25, 0.3) is 0 Å². The molecule has 2 heterocycles. The van der Waals surface area contributed by atoms with Crippen molar-refractivity contribution < 1.29 is 14.3 Å².